The lowest BCUT2D eigenvalue weighted by atomic mass is 10.1. The Morgan fingerprint density at radius 2 is 1.36 bits per heavy atom. The van der Waals surface area contributed by atoms with Gasteiger partial charge in [-0.05, 0) is 50.2 Å². The van der Waals surface area contributed by atoms with Crippen LogP contribution in [0.4, 0.5) is 5.69 Å². The van der Waals surface area contributed by atoms with Crippen LogP contribution in [-0.2, 0) is 0 Å². The van der Waals surface area contributed by atoms with Crippen molar-refractivity contribution in [2.45, 2.75) is 13.8 Å². The molecule has 3 aromatic rings. The van der Waals surface area contributed by atoms with Gasteiger partial charge in [-0.15, -0.1) is 0 Å². The molecule has 1 aliphatic rings. The van der Waals surface area contributed by atoms with Crippen LogP contribution < -0.4 is 4.90 Å². The highest BCUT2D eigenvalue weighted by Gasteiger charge is 2.40. The third-order valence-corrected chi connectivity index (χ3v) is 4.80. The second kappa shape index (κ2) is 6.84. The summed E-state index contributed by atoms with van der Waals surface area (Å²) in [5, 5.41) is 0. The van der Waals surface area contributed by atoms with Crippen LogP contribution in [0.1, 0.15) is 45.2 Å². The van der Waals surface area contributed by atoms with Crippen LogP contribution in [0.3, 0.4) is 0 Å². The Morgan fingerprint density at radius 1 is 0.857 bits per heavy atom. The summed E-state index contributed by atoms with van der Waals surface area (Å²) in [4.78, 5) is 49.4. The lowest BCUT2D eigenvalue weighted by Crippen LogP contribution is -2.31. The molecule has 0 unspecified atom stereocenters. The summed E-state index contributed by atoms with van der Waals surface area (Å²) in [5.74, 6) is -1.12. The van der Waals surface area contributed by atoms with Crippen molar-refractivity contribution in [2.75, 3.05) is 18.0 Å². The van der Waals surface area contributed by atoms with Crippen LogP contribution >= 0.6 is 0 Å². The Hall–Kier alpha value is -3.61. The van der Waals surface area contributed by atoms with Gasteiger partial charge in [-0.3, -0.25) is 14.4 Å². The number of carbonyl (C=O) groups excluding carboxylic acids is 3. The van der Waals surface area contributed by atoms with Crippen molar-refractivity contribution in [3.05, 3.63) is 65.5 Å². The molecule has 0 fully saturated rings. The Labute approximate surface area is 161 Å². The maximum absolute atomic E-state index is 12.8. The Kier molecular flexibility index (Phi) is 4.35. The summed E-state index contributed by atoms with van der Waals surface area (Å²) in [6.07, 6.45) is 0. The number of fused-ring (bicyclic) bond motifs is 2. The summed E-state index contributed by atoms with van der Waals surface area (Å²) in [5.41, 5.74) is 2.11. The van der Waals surface area contributed by atoms with Gasteiger partial charge in [-0.2, -0.15) is 0 Å². The molecule has 140 valence electrons. The van der Waals surface area contributed by atoms with Crippen molar-refractivity contribution >= 4 is 34.4 Å². The van der Waals surface area contributed by atoms with E-state index in [2.05, 4.69) is 9.97 Å². The van der Waals surface area contributed by atoms with Crippen molar-refractivity contribution in [2.24, 2.45) is 0 Å². The van der Waals surface area contributed by atoms with Gasteiger partial charge in [0.1, 0.15) is 0 Å². The minimum absolute atomic E-state index is 0.0481. The molecule has 7 heteroatoms. The molecule has 0 aliphatic carbocycles. The normalized spacial score (nSPS) is 13.1. The van der Waals surface area contributed by atoms with Crippen LogP contribution in [0.15, 0.2) is 48.5 Å². The van der Waals surface area contributed by atoms with Crippen LogP contribution in [0.5, 0.6) is 0 Å². The van der Waals surface area contributed by atoms with E-state index in [0.717, 1.165) is 4.90 Å². The van der Waals surface area contributed by atoms with Crippen LogP contribution in [0.2, 0.25) is 0 Å². The smallest absolute Gasteiger partial charge is 0.286 e. The highest BCUT2D eigenvalue weighted by Crippen LogP contribution is 2.28. The van der Waals surface area contributed by atoms with Crippen LogP contribution in [-0.4, -0.2) is 45.7 Å². The Balaban J connectivity index is 1.68. The number of rotatable bonds is 4. The molecule has 0 bridgehead atoms. The van der Waals surface area contributed by atoms with Gasteiger partial charge in [0.2, 0.25) is 0 Å². The first-order valence-corrected chi connectivity index (χ1v) is 9.10. The largest absolute Gasteiger partial charge is 0.339 e. The molecule has 2 aromatic carbocycles. The van der Waals surface area contributed by atoms with E-state index in [0.29, 0.717) is 35.4 Å². The maximum Gasteiger partial charge on any atom is 0.286 e. The number of aromatic nitrogens is 2. The standard InChI is InChI=1S/C21H18N4O3/c1-3-24(4-2)19(26)13-9-11-14(12-10-13)25-20(27)17-18(21(25)28)23-16-8-6-5-7-15(16)22-17/h5-12H,3-4H2,1-2H3. The predicted octanol–water partition coefficient (Wildman–Crippen LogP) is 2.91. The molecule has 0 N–H and O–H groups in total. The van der Waals surface area contributed by atoms with E-state index in [9.17, 15) is 14.4 Å². The number of hydrogen-bond acceptors (Lipinski definition) is 5. The SMILES string of the molecule is CCN(CC)C(=O)c1ccc(N2C(=O)c3nc4ccccc4nc3C2=O)cc1. The first kappa shape index (κ1) is 17.8. The van der Waals surface area contributed by atoms with E-state index in [-0.39, 0.29) is 17.3 Å². The number of carbonyl (C=O) groups is 3. The van der Waals surface area contributed by atoms with Crippen LogP contribution in [0, 0.1) is 0 Å². The number of para-hydroxylation sites is 2. The molecule has 1 aliphatic heterocycles. The third kappa shape index (κ3) is 2.72. The second-order valence-electron chi connectivity index (χ2n) is 6.38. The topological polar surface area (TPSA) is 83.5 Å². The highest BCUT2D eigenvalue weighted by molar-refractivity contribution is 6.33. The first-order chi connectivity index (χ1) is 13.5. The fraction of sp³-hybridized carbons (Fsp3) is 0.190. The minimum atomic E-state index is -0.513. The van der Waals surface area contributed by atoms with Gasteiger partial charge in [0.05, 0.1) is 16.7 Å². The lowest BCUT2D eigenvalue weighted by molar-refractivity contribution is 0.0772. The van der Waals surface area contributed by atoms with Crippen molar-refractivity contribution < 1.29 is 14.4 Å². The average Bonchev–Trinajstić information content (AvgIpc) is 2.97. The summed E-state index contributed by atoms with van der Waals surface area (Å²) < 4.78 is 0. The monoisotopic (exact) mass is 374 g/mol. The molecule has 0 saturated heterocycles. The van der Waals surface area contributed by atoms with Crippen molar-refractivity contribution in [1.29, 1.82) is 0 Å². The zero-order chi connectivity index (χ0) is 19.8. The number of anilines is 1. The van der Waals surface area contributed by atoms with Gasteiger partial charge >= 0.3 is 0 Å². The van der Waals surface area contributed by atoms with Gasteiger partial charge in [0.25, 0.3) is 17.7 Å². The molecule has 2 heterocycles. The summed E-state index contributed by atoms with van der Waals surface area (Å²) in [7, 11) is 0. The van der Waals surface area contributed by atoms with E-state index in [1.54, 1.807) is 53.4 Å². The molecule has 28 heavy (non-hydrogen) atoms. The molecule has 0 saturated carbocycles. The Morgan fingerprint density at radius 3 is 1.82 bits per heavy atom. The van der Waals surface area contributed by atoms with E-state index in [1.165, 1.54) is 0 Å². The number of amides is 3. The number of imide groups is 1. The fourth-order valence-electron chi connectivity index (χ4n) is 3.28. The first-order valence-electron chi connectivity index (χ1n) is 9.10. The van der Waals surface area contributed by atoms with Gasteiger partial charge in [0.15, 0.2) is 11.4 Å². The van der Waals surface area contributed by atoms with Gasteiger partial charge in [-0.1, -0.05) is 12.1 Å². The molecule has 3 amide bonds. The number of nitrogens with zero attached hydrogens (tertiary/aromatic N) is 4. The number of hydrogen-bond donors (Lipinski definition) is 0. The maximum atomic E-state index is 12.8. The highest BCUT2D eigenvalue weighted by atomic mass is 16.2. The second-order valence-corrected chi connectivity index (χ2v) is 6.38. The molecular formula is C21H18N4O3. The minimum Gasteiger partial charge on any atom is -0.339 e. The molecule has 4 rings (SSSR count). The molecule has 1 aromatic heterocycles. The average molecular weight is 374 g/mol. The van der Waals surface area contributed by atoms with Gasteiger partial charge in [0, 0.05) is 18.7 Å². The van der Waals surface area contributed by atoms with E-state index < -0.39 is 11.8 Å². The summed E-state index contributed by atoms with van der Waals surface area (Å²) >= 11 is 0. The Bertz CT molecular complexity index is 1050. The molecule has 7 nitrogen and oxygen atoms in total. The lowest BCUT2D eigenvalue weighted by Gasteiger charge is -2.19. The molecule has 0 spiro atoms. The van der Waals surface area contributed by atoms with Gasteiger partial charge < -0.3 is 4.90 Å². The molecular weight excluding hydrogens is 356 g/mol. The quantitative estimate of drug-likeness (QED) is 0.656. The zero-order valence-corrected chi connectivity index (χ0v) is 15.5. The molecule has 0 atom stereocenters. The van der Waals surface area contributed by atoms with Crippen molar-refractivity contribution in [3.8, 4) is 0 Å². The van der Waals surface area contributed by atoms with E-state index >= 15 is 0 Å². The predicted molar refractivity (Wildman–Crippen MR) is 104 cm³/mol. The number of benzene rings is 2. The van der Waals surface area contributed by atoms with Crippen LogP contribution in [0.25, 0.3) is 11.0 Å². The fourth-order valence-corrected chi connectivity index (χ4v) is 3.28. The zero-order valence-electron chi connectivity index (χ0n) is 15.5. The van der Waals surface area contributed by atoms with E-state index in [4.69, 9.17) is 0 Å². The summed E-state index contributed by atoms with van der Waals surface area (Å²) in [6, 6.07) is 13.5. The summed E-state index contributed by atoms with van der Waals surface area (Å²) in [6.45, 7) is 5.05. The third-order valence-electron chi connectivity index (χ3n) is 4.80. The van der Waals surface area contributed by atoms with E-state index in [1.807, 2.05) is 13.8 Å². The van der Waals surface area contributed by atoms with Crippen molar-refractivity contribution in [3.63, 3.8) is 0 Å². The van der Waals surface area contributed by atoms with Crippen molar-refractivity contribution in [1.82, 2.24) is 14.9 Å². The molecule has 0 radical (unpaired) electrons. The van der Waals surface area contributed by atoms with Gasteiger partial charge in [-0.25, -0.2) is 14.9 Å².